The molecule has 3 rings (SSSR count). The highest BCUT2D eigenvalue weighted by Gasteiger charge is 2.49. The lowest BCUT2D eigenvalue weighted by atomic mass is 10.2. The molecule has 2 aliphatic rings. The molecule has 1 aliphatic carbocycles. The van der Waals surface area contributed by atoms with Gasteiger partial charge in [-0.2, -0.15) is 0 Å². The molecule has 1 saturated heterocycles. The molecular weight excluding hydrogens is 337 g/mol. The van der Waals surface area contributed by atoms with Gasteiger partial charge in [0.25, 0.3) is 0 Å². The summed E-state index contributed by atoms with van der Waals surface area (Å²) in [5.74, 6) is -0.500. The molecule has 2 fully saturated rings. The van der Waals surface area contributed by atoms with Crippen molar-refractivity contribution >= 4 is 40.7 Å². The van der Waals surface area contributed by atoms with Crippen molar-refractivity contribution in [2.45, 2.75) is 6.42 Å². The SMILES string of the molecule is CN1CCN(C(=O)C2CC2C(=O)Nc2ccc(Cl)cc2Cl)CC1. The van der Waals surface area contributed by atoms with Crippen LogP contribution >= 0.6 is 23.2 Å². The summed E-state index contributed by atoms with van der Waals surface area (Å²) in [5.41, 5.74) is 0.527. The lowest BCUT2D eigenvalue weighted by Gasteiger charge is -2.32. The molecule has 7 heteroatoms. The van der Waals surface area contributed by atoms with Gasteiger partial charge in [0.05, 0.1) is 22.5 Å². The van der Waals surface area contributed by atoms with Gasteiger partial charge in [-0.25, -0.2) is 0 Å². The van der Waals surface area contributed by atoms with Gasteiger partial charge in [0.15, 0.2) is 0 Å². The van der Waals surface area contributed by atoms with Crippen LogP contribution < -0.4 is 5.32 Å². The van der Waals surface area contributed by atoms with E-state index in [1.807, 2.05) is 11.9 Å². The Hall–Kier alpha value is -1.30. The van der Waals surface area contributed by atoms with Gasteiger partial charge in [-0.15, -0.1) is 0 Å². The number of amides is 2. The molecule has 124 valence electrons. The van der Waals surface area contributed by atoms with Crippen LogP contribution in [0.2, 0.25) is 10.0 Å². The smallest absolute Gasteiger partial charge is 0.228 e. The Balaban J connectivity index is 1.55. The largest absolute Gasteiger partial charge is 0.340 e. The number of nitrogens with zero attached hydrogens (tertiary/aromatic N) is 2. The van der Waals surface area contributed by atoms with Crippen LogP contribution in [0.1, 0.15) is 6.42 Å². The average molecular weight is 356 g/mol. The highest BCUT2D eigenvalue weighted by atomic mass is 35.5. The lowest BCUT2D eigenvalue weighted by Crippen LogP contribution is -2.48. The maximum atomic E-state index is 12.4. The van der Waals surface area contributed by atoms with Crippen LogP contribution in [0.15, 0.2) is 18.2 Å². The van der Waals surface area contributed by atoms with E-state index in [0.29, 0.717) is 22.2 Å². The van der Waals surface area contributed by atoms with Crippen molar-refractivity contribution in [2.24, 2.45) is 11.8 Å². The fraction of sp³-hybridized carbons (Fsp3) is 0.500. The maximum Gasteiger partial charge on any atom is 0.228 e. The standard InChI is InChI=1S/C16H19Cl2N3O2/c1-20-4-6-21(7-5-20)16(23)12-9-11(12)15(22)19-14-3-2-10(17)8-13(14)18/h2-3,8,11-12H,4-7,9H2,1H3,(H,19,22). The summed E-state index contributed by atoms with van der Waals surface area (Å²) >= 11 is 11.9. The number of hydrogen-bond acceptors (Lipinski definition) is 3. The molecular formula is C16H19Cl2N3O2. The molecule has 0 bridgehead atoms. The second-order valence-corrected chi connectivity index (χ2v) is 7.03. The second-order valence-electron chi connectivity index (χ2n) is 6.19. The number of nitrogens with one attached hydrogen (secondary N) is 1. The van der Waals surface area contributed by atoms with Gasteiger partial charge in [0.2, 0.25) is 11.8 Å². The van der Waals surface area contributed by atoms with E-state index >= 15 is 0 Å². The molecule has 2 unspecified atom stereocenters. The Kier molecular flexibility index (Phi) is 4.80. The van der Waals surface area contributed by atoms with Gasteiger partial charge in [-0.3, -0.25) is 9.59 Å². The van der Waals surface area contributed by atoms with E-state index in [1.54, 1.807) is 18.2 Å². The predicted molar refractivity (Wildman–Crippen MR) is 90.8 cm³/mol. The summed E-state index contributed by atoms with van der Waals surface area (Å²) in [7, 11) is 2.05. The number of rotatable bonds is 3. The molecule has 1 N–H and O–H groups in total. The number of halogens is 2. The predicted octanol–water partition coefficient (Wildman–Crippen LogP) is 2.34. The first-order chi connectivity index (χ1) is 11.0. The number of piperazine rings is 1. The van der Waals surface area contributed by atoms with Crippen molar-refractivity contribution < 1.29 is 9.59 Å². The molecule has 0 spiro atoms. The average Bonchev–Trinajstić information content (AvgIpc) is 3.31. The highest BCUT2D eigenvalue weighted by molar-refractivity contribution is 6.36. The highest BCUT2D eigenvalue weighted by Crippen LogP contribution is 2.41. The maximum absolute atomic E-state index is 12.4. The summed E-state index contributed by atoms with van der Waals surface area (Å²) in [4.78, 5) is 28.8. The van der Waals surface area contributed by atoms with Crippen LogP contribution in [0.5, 0.6) is 0 Å². The molecule has 1 heterocycles. The normalized spacial score (nSPS) is 24.4. The van der Waals surface area contributed by atoms with E-state index in [1.165, 1.54) is 0 Å². The van der Waals surface area contributed by atoms with E-state index in [9.17, 15) is 9.59 Å². The number of hydrogen-bond donors (Lipinski definition) is 1. The molecule has 1 aromatic carbocycles. The van der Waals surface area contributed by atoms with Crippen molar-refractivity contribution in [3.05, 3.63) is 28.2 Å². The third kappa shape index (κ3) is 3.79. The molecule has 1 saturated carbocycles. The Bertz CT molecular complexity index is 630. The second kappa shape index (κ2) is 6.67. The molecule has 2 atom stereocenters. The summed E-state index contributed by atoms with van der Waals surface area (Å²) in [6, 6.07) is 4.92. The molecule has 23 heavy (non-hydrogen) atoms. The first-order valence-electron chi connectivity index (χ1n) is 7.69. The first-order valence-corrected chi connectivity index (χ1v) is 8.44. The Morgan fingerprint density at radius 3 is 2.48 bits per heavy atom. The van der Waals surface area contributed by atoms with Crippen LogP contribution in [0.4, 0.5) is 5.69 Å². The zero-order valence-corrected chi connectivity index (χ0v) is 14.4. The third-order valence-corrected chi connectivity index (χ3v) is 5.00. The van der Waals surface area contributed by atoms with Crippen molar-refractivity contribution in [3.63, 3.8) is 0 Å². The Morgan fingerprint density at radius 1 is 1.13 bits per heavy atom. The minimum Gasteiger partial charge on any atom is -0.340 e. The zero-order valence-electron chi connectivity index (χ0n) is 12.9. The van der Waals surface area contributed by atoms with Gasteiger partial charge < -0.3 is 15.1 Å². The molecule has 5 nitrogen and oxygen atoms in total. The van der Waals surface area contributed by atoms with Crippen LogP contribution in [-0.4, -0.2) is 54.8 Å². The summed E-state index contributed by atoms with van der Waals surface area (Å²) in [6.45, 7) is 3.25. The minimum absolute atomic E-state index is 0.0976. The number of likely N-dealkylation sites (N-methyl/N-ethyl adjacent to an activating group) is 1. The quantitative estimate of drug-likeness (QED) is 0.905. The van der Waals surface area contributed by atoms with Crippen LogP contribution in [0, 0.1) is 11.8 Å². The molecule has 2 amide bonds. The van der Waals surface area contributed by atoms with Crippen LogP contribution in [0.3, 0.4) is 0 Å². The van der Waals surface area contributed by atoms with E-state index in [0.717, 1.165) is 26.2 Å². The fourth-order valence-corrected chi connectivity index (χ4v) is 3.29. The van der Waals surface area contributed by atoms with E-state index in [4.69, 9.17) is 23.2 Å². The summed E-state index contributed by atoms with van der Waals surface area (Å²) < 4.78 is 0. The van der Waals surface area contributed by atoms with Crippen molar-refractivity contribution in [1.82, 2.24) is 9.80 Å². The monoisotopic (exact) mass is 355 g/mol. The van der Waals surface area contributed by atoms with Gasteiger partial charge >= 0.3 is 0 Å². The van der Waals surface area contributed by atoms with Crippen molar-refractivity contribution in [2.75, 3.05) is 38.5 Å². The fourth-order valence-electron chi connectivity index (χ4n) is 2.84. The topological polar surface area (TPSA) is 52.7 Å². The minimum atomic E-state index is -0.256. The third-order valence-electron chi connectivity index (χ3n) is 4.45. The Morgan fingerprint density at radius 2 is 1.83 bits per heavy atom. The number of anilines is 1. The van der Waals surface area contributed by atoms with Crippen molar-refractivity contribution in [3.8, 4) is 0 Å². The number of carbonyl (C=O) groups is 2. The first kappa shape index (κ1) is 16.6. The zero-order chi connectivity index (χ0) is 16.6. The number of carbonyl (C=O) groups excluding carboxylic acids is 2. The molecule has 1 aliphatic heterocycles. The van der Waals surface area contributed by atoms with Crippen LogP contribution in [0.25, 0.3) is 0 Å². The summed E-state index contributed by atoms with van der Waals surface area (Å²) in [6.07, 6.45) is 0.613. The van der Waals surface area contributed by atoms with Gasteiger partial charge in [-0.05, 0) is 31.7 Å². The lowest BCUT2D eigenvalue weighted by molar-refractivity contribution is -0.135. The van der Waals surface area contributed by atoms with Crippen molar-refractivity contribution in [1.29, 1.82) is 0 Å². The molecule has 1 aromatic rings. The van der Waals surface area contributed by atoms with Gasteiger partial charge in [0, 0.05) is 31.2 Å². The van der Waals surface area contributed by atoms with E-state index < -0.39 is 0 Å². The van der Waals surface area contributed by atoms with E-state index in [-0.39, 0.29) is 23.7 Å². The molecule has 0 aromatic heterocycles. The van der Waals surface area contributed by atoms with E-state index in [2.05, 4.69) is 10.2 Å². The van der Waals surface area contributed by atoms with Gasteiger partial charge in [-0.1, -0.05) is 23.2 Å². The molecule has 0 radical (unpaired) electrons. The van der Waals surface area contributed by atoms with Crippen LogP contribution in [-0.2, 0) is 9.59 Å². The summed E-state index contributed by atoms with van der Waals surface area (Å²) in [5, 5.41) is 3.70. The van der Waals surface area contributed by atoms with Gasteiger partial charge in [0.1, 0.15) is 0 Å². The number of benzene rings is 1. The Labute approximate surface area is 145 Å².